The highest BCUT2D eigenvalue weighted by Crippen LogP contribution is 2.60. The zero-order valence-electron chi connectivity index (χ0n) is 16.1. The average Bonchev–Trinajstić information content (AvgIpc) is 2.79. The van der Waals surface area contributed by atoms with E-state index in [2.05, 4.69) is 0 Å². The van der Waals surface area contributed by atoms with E-state index in [0.717, 1.165) is 37.5 Å². The summed E-state index contributed by atoms with van der Waals surface area (Å²) in [5, 5.41) is 0.511. The van der Waals surface area contributed by atoms with Gasteiger partial charge in [0.1, 0.15) is 5.60 Å². The molecule has 7 heteroatoms. The molecule has 0 amide bonds. The monoisotopic (exact) mass is 426 g/mol. The van der Waals surface area contributed by atoms with Crippen LogP contribution in [0, 0.1) is 23.7 Å². The topological polar surface area (TPSA) is 61.8 Å². The van der Waals surface area contributed by atoms with E-state index in [4.69, 9.17) is 26.1 Å². The van der Waals surface area contributed by atoms with Crippen molar-refractivity contribution in [1.29, 1.82) is 0 Å². The van der Waals surface area contributed by atoms with Crippen LogP contribution < -0.4 is 0 Å². The van der Waals surface area contributed by atoms with E-state index in [1.54, 1.807) is 19.1 Å². The SMILES string of the molecule is CC1(CS(=O)(=O)c2ccc(Cl)cc2)CCOC2(OO1)C1CC3CC(C1)CC2C3. The molecule has 1 unspecified atom stereocenters. The molecule has 28 heavy (non-hydrogen) atoms. The molecule has 1 aromatic rings. The van der Waals surface area contributed by atoms with Crippen molar-refractivity contribution in [2.75, 3.05) is 12.4 Å². The van der Waals surface area contributed by atoms with Gasteiger partial charge in [-0.15, -0.1) is 0 Å². The second-order valence-electron chi connectivity index (χ2n) is 9.45. The van der Waals surface area contributed by atoms with Gasteiger partial charge in [0.15, 0.2) is 9.84 Å². The maximum absolute atomic E-state index is 12.9. The molecule has 1 spiro atoms. The fourth-order valence-corrected chi connectivity index (χ4v) is 7.93. The first-order chi connectivity index (χ1) is 13.3. The van der Waals surface area contributed by atoms with E-state index >= 15 is 0 Å². The lowest BCUT2D eigenvalue weighted by molar-refractivity contribution is -0.484. The van der Waals surface area contributed by atoms with Crippen molar-refractivity contribution in [1.82, 2.24) is 0 Å². The summed E-state index contributed by atoms with van der Waals surface area (Å²) in [5.74, 6) is 1.47. The number of rotatable bonds is 3. The quantitative estimate of drug-likeness (QED) is 0.670. The standard InChI is InChI=1S/C21H27ClO5S/c1-20(13-28(23,24)19-4-2-18(22)3-5-19)6-7-25-21(27-26-20)16-9-14-8-15(11-16)12-17(21)10-14/h2-5,14-17H,6-13H2,1H3. The van der Waals surface area contributed by atoms with Crippen LogP contribution in [0.15, 0.2) is 29.2 Å². The van der Waals surface area contributed by atoms with Gasteiger partial charge in [-0.1, -0.05) is 11.6 Å². The Kier molecular flexibility index (Phi) is 4.60. The summed E-state index contributed by atoms with van der Waals surface area (Å²) in [5.41, 5.74) is -0.948. The molecule has 1 atom stereocenters. The second-order valence-corrected chi connectivity index (χ2v) is 11.9. The van der Waals surface area contributed by atoms with Crippen LogP contribution in [-0.2, 0) is 24.3 Å². The molecule has 5 fully saturated rings. The summed E-state index contributed by atoms with van der Waals surface area (Å²) in [6.45, 7) is 2.26. The van der Waals surface area contributed by atoms with Crippen LogP contribution in [0.1, 0.15) is 45.4 Å². The van der Waals surface area contributed by atoms with Crippen LogP contribution in [0.4, 0.5) is 0 Å². The minimum Gasteiger partial charge on any atom is -0.347 e. The minimum atomic E-state index is -3.53. The Morgan fingerprint density at radius 3 is 2.21 bits per heavy atom. The lowest BCUT2D eigenvalue weighted by atomic mass is 9.53. The molecular weight excluding hydrogens is 400 g/mol. The number of benzene rings is 1. The normalized spacial score (nSPS) is 42.6. The van der Waals surface area contributed by atoms with Crippen molar-refractivity contribution in [3.8, 4) is 0 Å². The van der Waals surface area contributed by atoms with Crippen molar-refractivity contribution < 1.29 is 22.9 Å². The molecule has 1 heterocycles. The van der Waals surface area contributed by atoms with Gasteiger partial charge in [-0.3, -0.25) is 0 Å². The molecule has 5 aliphatic rings. The van der Waals surface area contributed by atoms with E-state index in [9.17, 15) is 8.42 Å². The number of hydrogen-bond acceptors (Lipinski definition) is 5. The molecule has 0 N–H and O–H groups in total. The Labute approximate surface area is 171 Å². The van der Waals surface area contributed by atoms with Crippen LogP contribution in [0.2, 0.25) is 5.02 Å². The maximum Gasteiger partial charge on any atom is 0.207 e. The van der Waals surface area contributed by atoms with Crippen molar-refractivity contribution in [3.05, 3.63) is 29.3 Å². The summed E-state index contributed by atoms with van der Waals surface area (Å²) >= 11 is 5.89. The molecule has 154 valence electrons. The molecule has 4 aliphatic carbocycles. The van der Waals surface area contributed by atoms with Gasteiger partial charge in [-0.05, 0) is 75.1 Å². The van der Waals surface area contributed by atoms with Gasteiger partial charge in [0.25, 0.3) is 0 Å². The molecule has 6 rings (SSSR count). The average molecular weight is 427 g/mol. The largest absolute Gasteiger partial charge is 0.347 e. The number of sulfone groups is 1. The molecule has 0 aromatic heterocycles. The summed E-state index contributed by atoms with van der Waals surface area (Å²) in [7, 11) is -3.53. The summed E-state index contributed by atoms with van der Waals surface area (Å²) in [6, 6.07) is 6.25. The summed E-state index contributed by atoms with van der Waals surface area (Å²) in [4.78, 5) is 12.2. The van der Waals surface area contributed by atoms with Gasteiger partial charge in [0.2, 0.25) is 5.79 Å². The van der Waals surface area contributed by atoms with Gasteiger partial charge in [0.05, 0.1) is 17.3 Å². The fourth-order valence-electron chi connectivity index (χ4n) is 6.09. The first-order valence-corrected chi connectivity index (χ1v) is 12.3. The smallest absolute Gasteiger partial charge is 0.207 e. The minimum absolute atomic E-state index is 0.151. The molecule has 1 aliphatic heterocycles. The molecule has 1 saturated heterocycles. The Hall–Kier alpha value is -0.660. The molecule has 1 aromatic carbocycles. The van der Waals surface area contributed by atoms with Crippen LogP contribution in [0.5, 0.6) is 0 Å². The molecule has 5 nitrogen and oxygen atoms in total. The van der Waals surface area contributed by atoms with E-state index < -0.39 is 21.2 Å². The summed E-state index contributed by atoms with van der Waals surface area (Å²) in [6.07, 6.45) is 6.37. The first-order valence-electron chi connectivity index (χ1n) is 10.3. The second kappa shape index (κ2) is 6.67. The van der Waals surface area contributed by atoms with Crippen molar-refractivity contribution in [3.63, 3.8) is 0 Å². The predicted octanol–water partition coefficient (Wildman–Crippen LogP) is 4.39. The Balaban J connectivity index is 1.34. The highest BCUT2D eigenvalue weighted by molar-refractivity contribution is 7.91. The predicted molar refractivity (Wildman–Crippen MR) is 104 cm³/mol. The lowest BCUT2D eigenvalue weighted by Crippen LogP contribution is -2.60. The van der Waals surface area contributed by atoms with Crippen molar-refractivity contribution in [2.45, 2.75) is 61.7 Å². The van der Waals surface area contributed by atoms with Crippen LogP contribution in [0.25, 0.3) is 0 Å². The Bertz CT molecular complexity index is 824. The van der Waals surface area contributed by atoms with Gasteiger partial charge in [0, 0.05) is 23.3 Å². The zero-order valence-corrected chi connectivity index (χ0v) is 17.7. The number of ether oxygens (including phenoxy) is 1. The molecule has 4 bridgehead atoms. The third kappa shape index (κ3) is 3.21. The molecule has 4 saturated carbocycles. The van der Waals surface area contributed by atoms with Gasteiger partial charge >= 0.3 is 0 Å². The van der Waals surface area contributed by atoms with Gasteiger partial charge in [-0.2, -0.15) is 4.89 Å². The zero-order chi connectivity index (χ0) is 19.6. The van der Waals surface area contributed by atoms with Crippen molar-refractivity contribution in [2.24, 2.45) is 23.7 Å². The first kappa shape index (κ1) is 19.3. The van der Waals surface area contributed by atoms with E-state index in [1.165, 1.54) is 18.6 Å². The fraction of sp³-hybridized carbons (Fsp3) is 0.714. The highest BCUT2D eigenvalue weighted by Gasteiger charge is 2.61. The highest BCUT2D eigenvalue weighted by atomic mass is 35.5. The third-order valence-corrected chi connectivity index (χ3v) is 9.51. The number of halogens is 1. The van der Waals surface area contributed by atoms with E-state index in [1.807, 2.05) is 0 Å². The Morgan fingerprint density at radius 1 is 1.00 bits per heavy atom. The number of hydrogen-bond donors (Lipinski definition) is 0. The van der Waals surface area contributed by atoms with Crippen LogP contribution >= 0.6 is 11.6 Å². The summed E-state index contributed by atoms with van der Waals surface area (Å²) < 4.78 is 32.2. The van der Waals surface area contributed by atoms with Crippen molar-refractivity contribution >= 4 is 21.4 Å². The van der Waals surface area contributed by atoms with Gasteiger partial charge < -0.3 is 4.74 Å². The van der Waals surface area contributed by atoms with Gasteiger partial charge in [-0.25, -0.2) is 13.3 Å². The van der Waals surface area contributed by atoms with Crippen LogP contribution in [0.3, 0.4) is 0 Å². The molecular formula is C21H27ClO5S. The third-order valence-electron chi connectivity index (χ3n) is 7.28. The maximum atomic E-state index is 12.9. The van der Waals surface area contributed by atoms with E-state index in [0.29, 0.717) is 29.9 Å². The van der Waals surface area contributed by atoms with Crippen LogP contribution in [-0.4, -0.2) is 32.2 Å². The molecule has 0 radical (unpaired) electrons. The lowest BCUT2D eigenvalue weighted by Gasteiger charge is -2.58. The van der Waals surface area contributed by atoms with E-state index in [-0.39, 0.29) is 10.6 Å². The Morgan fingerprint density at radius 2 is 1.61 bits per heavy atom.